The van der Waals surface area contributed by atoms with Crippen LogP contribution in [0.3, 0.4) is 0 Å². The van der Waals surface area contributed by atoms with Gasteiger partial charge in [0.1, 0.15) is 11.3 Å². The number of rotatable bonds is 3. The van der Waals surface area contributed by atoms with E-state index in [1.165, 1.54) is 12.6 Å². The summed E-state index contributed by atoms with van der Waals surface area (Å²) in [7, 11) is 0. The lowest BCUT2D eigenvalue weighted by molar-refractivity contribution is 0.00381. The Morgan fingerprint density at radius 2 is 2.00 bits per heavy atom. The molecule has 2 amide bonds. The van der Waals surface area contributed by atoms with E-state index in [4.69, 9.17) is 4.74 Å². The second kappa shape index (κ2) is 6.39. The highest BCUT2D eigenvalue weighted by molar-refractivity contribution is 5.95. The lowest BCUT2D eigenvalue weighted by Gasteiger charge is -2.48. The van der Waals surface area contributed by atoms with Gasteiger partial charge in [0, 0.05) is 31.0 Å². The van der Waals surface area contributed by atoms with Crippen LogP contribution in [0.2, 0.25) is 0 Å². The number of pyridine rings is 1. The number of likely N-dealkylation sites (tertiary alicyclic amines) is 2. The van der Waals surface area contributed by atoms with Crippen molar-refractivity contribution in [2.45, 2.75) is 38.8 Å². The number of nitrogens with one attached hydrogen (secondary N) is 1. The van der Waals surface area contributed by atoms with E-state index < -0.39 is 11.7 Å². The highest BCUT2D eigenvalue weighted by atomic mass is 16.6. The van der Waals surface area contributed by atoms with Crippen LogP contribution in [-0.4, -0.2) is 64.6 Å². The molecule has 0 aromatic carbocycles. The first-order valence-corrected chi connectivity index (χ1v) is 8.31. The maximum Gasteiger partial charge on any atom is 0.412 e. The van der Waals surface area contributed by atoms with Crippen LogP contribution in [0.25, 0.3) is 0 Å². The Morgan fingerprint density at radius 1 is 1.29 bits per heavy atom. The number of nitrogens with zero attached hydrogens (tertiary/aromatic N) is 3. The van der Waals surface area contributed by atoms with Crippen LogP contribution in [0.5, 0.6) is 0 Å². The number of hydrogen-bond acceptors (Lipinski definition) is 5. The molecule has 2 saturated heterocycles. The minimum Gasteiger partial charge on any atom is -0.444 e. The van der Waals surface area contributed by atoms with Gasteiger partial charge in [-0.25, -0.2) is 4.79 Å². The van der Waals surface area contributed by atoms with Crippen molar-refractivity contribution in [2.24, 2.45) is 0 Å². The van der Waals surface area contributed by atoms with Gasteiger partial charge >= 0.3 is 6.09 Å². The molecular weight excluding hydrogens is 308 g/mol. The quantitative estimate of drug-likeness (QED) is 0.916. The Kier molecular flexibility index (Phi) is 4.45. The molecular formula is C17H24N4O3. The molecule has 0 radical (unpaired) electrons. The van der Waals surface area contributed by atoms with Gasteiger partial charge in [0.2, 0.25) is 0 Å². The monoisotopic (exact) mass is 332 g/mol. The minimum atomic E-state index is -0.570. The highest BCUT2D eigenvalue weighted by Gasteiger charge is 2.37. The van der Waals surface area contributed by atoms with Gasteiger partial charge in [-0.15, -0.1) is 0 Å². The molecule has 130 valence electrons. The Bertz CT molecular complexity index is 631. The van der Waals surface area contributed by atoms with Crippen molar-refractivity contribution in [3.8, 4) is 0 Å². The summed E-state index contributed by atoms with van der Waals surface area (Å²) in [5, 5.41) is 2.63. The van der Waals surface area contributed by atoms with E-state index in [9.17, 15) is 9.59 Å². The predicted octanol–water partition coefficient (Wildman–Crippen LogP) is 1.96. The van der Waals surface area contributed by atoms with Crippen LogP contribution in [0.1, 0.15) is 37.7 Å². The summed E-state index contributed by atoms with van der Waals surface area (Å²) in [5.41, 5.74) is 0.271. The predicted molar refractivity (Wildman–Crippen MR) is 90.0 cm³/mol. The van der Waals surface area contributed by atoms with Crippen molar-refractivity contribution >= 4 is 17.7 Å². The van der Waals surface area contributed by atoms with E-state index in [2.05, 4.69) is 15.2 Å². The lowest BCUT2D eigenvalue weighted by Crippen LogP contribution is -2.64. The summed E-state index contributed by atoms with van der Waals surface area (Å²) in [4.78, 5) is 32.6. The van der Waals surface area contributed by atoms with E-state index in [0.29, 0.717) is 17.4 Å². The number of hydrogen-bond donors (Lipinski definition) is 1. The fraction of sp³-hybridized carbons (Fsp3) is 0.588. The molecule has 0 unspecified atom stereocenters. The standard InChI is InChI=1S/C17H24N4O3/c1-17(2,3)24-16(23)19-12-5-6-18-14(9-12)15(22)21-10-13(11-21)20-7-4-8-20/h5-6,9,13H,4,7-8,10-11H2,1-3H3,(H,18,19,23). The Balaban J connectivity index is 1.57. The Morgan fingerprint density at radius 3 is 2.58 bits per heavy atom. The molecule has 0 aliphatic carbocycles. The Hall–Kier alpha value is -2.15. The van der Waals surface area contributed by atoms with Crippen molar-refractivity contribution < 1.29 is 14.3 Å². The molecule has 3 rings (SSSR count). The molecule has 0 spiro atoms. The maximum absolute atomic E-state index is 12.5. The topological polar surface area (TPSA) is 74.8 Å². The molecule has 7 nitrogen and oxygen atoms in total. The summed E-state index contributed by atoms with van der Waals surface area (Å²) >= 11 is 0. The third-order valence-corrected chi connectivity index (χ3v) is 4.18. The summed E-state index contributed by atoms with van der Waals surface area (Å²) in [6.07, 6.45) is 2.23. The van der Waals surface area contributed by atoms with Gasteiger partial charge in [0.15, 0.2) is 0 Å². The maximum atomic E-state index is 12.5. The number of aromatic nitrogens is 1. The van der Waals surface area contributed by atoms with Crippen LogP contribution >= 0.6 is 0 Å². The first-order chi connectivity index (χ1) is 11.3. The molecule has 0 saturated carbocycles. The van der Waals surface area contributed by atoms with Gasteiger partial charge in [-0.3, -0.25) is 20.0 Å². The summed E-state index contributed by atoms with van der Waals surface area (Å²) in [6.45, 7) is 9.18. The first kappa shape index (κ1) is 16.7. The third kappa shape index (κ3) is 3.84. The SMILES string of the molecule is CC(C)(C)OC(=O)Nc1ccnc(C(=O)N2CC(N3CCC3)C2)c1. The molecule has 1 aromatic heterocycles. The lowest BCUT2D eigenvalue weighted by atomic mass is 10.0. The second-order valence-electron chi connectivity index (χ2n) is 7.31. The number of amides is 2. The van der Waals surface area contributed by atoms with Gasteiger partial charge in [-0.05, 0) is 52.4 Å². The van der Waals surface area contributed by atoms with Crippen LogP contribution in [0.4, 0.5) is 10.5 Å². The van der Waals surface area contributed by atoms with E-state index in [0.717, 1.165) is 26.2 Å². The molecule has 0 atom stereocenters. The molecule has 3 heterocycles. The average Bonchev–Trinajstić information content (AvgIpc) is 2.37. The van der Waals surface area contributed by atoms with Gasteiger partial charge in [-0.1, -0.05) is 0 Å². The van der Waals surface area contributed by atoms with E-state index in [1.54, 1.807) is 37.8 Å². The fourth-order valence-corrected chi connectivity index (χ4v) is 2.77. The molecule has 7 heteroatoms. The summed E-state index contributed by atoms with van der Waals surface area (Å²) in [6, 6.07) is 3.72. The van der Waals surface area contributed by atoms with Crippen molar-refractivity contribution in [1.82, 2.24) is 14.8 Å². The molecule has 2 aliphatic rings. The van der Waals surface area contributed by atoms with Crippen molar-refractivity contribution in [2.75, 3.05) is 31.5 Å². The number of anilines is 1. The summed E-state index contributed by atoms with van der Waals surface area (Å²) < 4.78 is 5.21. The third-order valence-electron chi connectivity index (χ3n) is 4.18. The smallest absolute Gasteiger partial charge is 0.412 e. The van der Waals surface area contributed by atoms with Gasteiger partial charge in [-0.2, -0.15) is 0 Å². The van der Waals surface area contributed by atoms with E-state index in [-0.39, 0.29) is 5.91 Å². The normalized spacial score (nSPS) is 18.5. The zero-order chi connectivity index (χ0) is 17.3. The van der Waals surface area contributed by atoms with E-state index in [1.807, 2.05) is 0 Å². The van der Waals surface area contributed by atoms with Crippen LogP contribution in [0, 0.1) is 0 Å². The molecule has 1 aromatic rings. The van der Waals surface area contributed by atoms with Crippen molar-refractivity contribution in [3.05, 3.63) is 24.0 Å². The molecule has 24 heavy (non-hydrogen) atoms. The molecule has 2 fully saturated rings. The average molecular weight is 332 g/mol. The number of carbonyl (C=O) groups excluding carboxylic acids is 2. The van der Waals surface area contributed by atoms with Crippen LogP contribution in [0.15, 0.2) is 18.3 Å². The van der Waals surface area contributed by atoms with Gasteiger partial charge < -0.3 is 9.64 Å². The number of carbonyl (C=O) groups is 2. The first-order valence-electron chi connectivity index (χ1n) is 8.31. The Labute approximate surface area is 142 Å². The zero-order valence-corrected chi connectivity index (χ0v) is 14.4. The fourth-order valence-electron chi connectivity index (χ4n) is 2.77. The summed E-state index contributed by atoms with van der Waals surface area (Å²) in [5.74, 6) is -0.0976. The van der Waals surface area contributed by atoms with Gasteiger partial charge in [0.25, 0.3) is 5.91 Å². The van der Waals surface area contributed by atoms with Gasteiger partial charge in [0.05, 0.1) is 0 Å². The zero-order valence-electron chi connectivity index (χ0n) is 14.4. The second-order valence-corrected chi connectivity index (χ2v) is 7.31. The molecule has 0 bridgehead atoms. The number of ether oxygens (including phenoxy) is 1. The largest absolute Gasteiger partial charge is 0.444 e. The van der Waals surface area contributed by atoms with E-state index >= 15 is 0 Å². The highest BCUT2D eigenvalue weighted by Crippen LogP contribution is 2.22. The van der Waals surface area contributed by atoms with Crippen molar-refractivity contribution in [3.63, 3.8) is 0 Å². The molecule has 1 N–H and O–H groups in total. The minimum absolute atomic E-state index is 0.0976. The molecule has 2 aliphatic heterocycles. The van der Waals surface area contributed by atoms with Crippen LogP contribution in [-0.2, 0) is 4.74 Å². The van der Waals surface area contributed by atoms with Crippen molar-refractivity contribution in [1.29, 1.82) is 0 Å². The van der Waals surface area contributed by atoms with Crippen LogP contribution < -0.4 is 5.32 Å².